The molecule has 0 N–H and O–H groups in total. The van der Waals surface area contributed by atoms with Gasteiger partial charge < -0.3 is 19.3 Å². The number of nitrogens with zero attached hydrogens (tertiary/aromatic N) is 2. The van der Waals surface area contributed by atoms with Crippen LogP contribution in [0, 0.1) is 0 Å². The third-order valence-corrected chi connectivity index (χ3v) is 6.29. The van der Waals surface area contributed by atoms with Gasteiger partial charge in [-0.05, 0) is 75.9 Å². The van der Waals surface area contributed by atoms with Crippen molar-refractivity contribution in [3.8, 4) is 5.75 Å². The van der Waals surface area contributed by atoms with E-state index in [1.807, 2.05) is 18.2 Å². The van der Waals surface area contributed by atoms with Gasteiger partial charge in [-0.25, -0.2) is 0 Å². The molecule has 29 heavy (non-hydrogen) atoms. The summed E-state index contributed by atoms with van der Waals surface area (Å²) in [5.41, 5.74) is 1.16. The number of hydrogen-bond donors (Lipinski definition) is 0. The number of rotatable bonds is 9. The molecule has 5 heteroatoms. The number of aryl methyl sites for hydroxylation is 1. The van der Waals surface area contributed by atoms with E-state index in [1.54, 1.807) is 7.11 Å². The van der Waals surface area contributed by atoms with E-state index in [0.29, 0.717) is 12.5 Å². The van der Waals surface area contributed by atoms with Gasteiger partial charge >= 0.3 is 0 Å². The molecule has 0 aliphatic carbocycles. The zero-order chi connectivity index (χ0) is 20.3. The Kier molecular flexibility index (Phi) is 9.29. The fourth-order valence-corrected chi connectivity index (χ4v) is 4.56. The Morgan fingerprint density at radius 3 is 2.66 bits per heavy atom. The van der Waals surface area contributed by atoms with E-state index in [1.165, 1.54) is 38.8 Å². The third-order valence-electron chi connectivity index (χ3n) is 6.29. The Labute approximate surface area is 176 Å². The molecule has 0 spiro atoms. The van der Waals surface area contributed by atoms with Crippen LogP contribution in [0.5, 0.6) is 5.75 Å². The third kappa shape index (κ3) is 7.31. The van der Waals surface area contributed by atoms with E-state index in [-0.39, 0.29) is 5.91 Å². The van der Waals surface area contributed by atoms with Crippen molar-refractivity contribution in [3.63, 3.8) is 0 Å². The predicted molar refractivity (Wildman–Crippen MR) is 116 cm³/mol. The number of carbonyl (C=O) groups is 1. The first kappa shape index (κ1) is 22.1. The van der Waals surface area contributed by atoms with Crippen LogP contribution >= 0.6 is 0 Å². The summed E-state index contributed by atoms with van der Waals surface area (Å²) in [5, 5.41) is 0. The highest BCUT2D eigenvalue weighted by Crippen LogP contribution is 2.19. The van der Waals surface area contributed by atoms with E-state index in [4.69, 9.17) is 9.47 Å². The topological polar surface area (TPSA) is 42.0 Å². The molecule has 2 aliphatic heterocycles. The lowest BCUT2D eigenvalue weighted by Crippen LogP contribution is -2.44. The molecule has 2 heterocycles. The summed E-state index contributed by atoms with van der Waals surface area (Å²) in [7, 11) is 1.68. The molecule has 1 aromatic carbocycles. The molecule has 0 unspecified atom stereocenters. The lowest BCUT2D eigenvalue weighted by Gasteiger charge is -2.35. The maximum atomic E-state index is 13.1. The summed E-state index contributed by atoms with van der Waals surface area (Å²) in [4.78, 5) is 17.9. The lowest BCUT2D eigenvalue weighted by molar-refractivity contribution is -0.135. The van der Waals surface area contributed by atoms with Gasteiger partial charge in [-0.15, -0.1) is 0 Å². The lowest BCUT2D eigenvalue weighted by atomic mass is 10.0. The average Bonchev–Trinajstić information content (AvgIpc) is 3.05. The van der Waals surface area contributed by atoms with Gasteiger partial charge in [-0.2, -0.15) is 0 Å². The smallest absolute Gasteiger partial charge is 0.223 e. The van der Waals surface area contributed by atoms with Crippen LogP contribution in [0.25, 0.3) is 0 Å². The molecule has 5 nitrogen and oxygen atoms in total. The number of amides is 1. The quantitative estimate of drug-likeness (QED) is 0.628. The van der Waals surface area contributed by atoms with Crippen LogP contribution in [-0.2, 0) is 16.0 Å². The predicted octanol–water partition coefficient (Wildman–Crippen LogP) is 3.90. The minimum absolute atomic E-state index is 0.288. The molecule has 162 valence electrons. The maximum absolute atomic E-state index is 13.1. The van der Waals surface area contributed by atoms with E-state index < -0.39 is 0 Å². The monoisotopic (exact) mass is 402 g/mol. The average molecular weight is 403 g/mol. The molecular formula is C24H38N2O3. The van der Waals surface area contributed by atoms with Gasteiger partial charge in [0.1, 0.15) is 5.75 Å². The summed E-state index contributed by atoms with van der Waals surface area (Å²) in [6.45, 7) is 5.98. The Morgan fingerprint density at radius 1 is 1.17 bits per heavy atom. The highest BCUT2D eigenvalue weighted by molar-refractivity contribution is 5.76. The minimum atomic E-state index is 0.288. The Morgan fingerprint density at radius 2 is 1.93 bits per heavy atom. The number of carbonyl (C=O) groups excluding carboxylic acids is 1. The van der Waals surface area contributed by atoms with Gasteiger partial charge in [0.25, 0.3) is 0 Å². The minimum Gasteiger partial charge on any atom is -0.497 e. The van der Waals surface area contributed by atoms with E-state index in [0.717, 1.165) is 63.3 Å². The Balaban J connectivity index is 1.52. The molecule has 1 amide bonds. The molecule has 2 saturated heterocycles. The first-order chi connectivity index (χ1) is 14.3. The van der Waals surface area contributed by atoms with Gasteiger partial charge in [-0.3, -0.25) is 4.79 Å². The van der Waals surface area contributed by atoms with Crippen molar-refractivity contribution in [2.75, 3.05) is 46.5 Å². The second-order valence-electron chi connectivity index (χ2n) is 8.39. The van der Waals surface area contributed by atoms with Crippen molar-refractivity contribution in [3.05, 3.63) is 29.8 Å². The highest BCUT2D eigenvalue weighted by atomic mass is 16.5. The van der Waals surface area contributed by atoms with Crippen LogP contribution in [0.3, 0.4) is 0 Å². The summed E-state index contributed by atoms with van der Waals surface area (Å²) >= 11 is 0. The molecular weight excluding hydrogens is 364 g/mol. The molecule has 0 aromatic heterocycles. The van der Waals surface area contributed by atoms with Crippen LogP contribution in [0.15, 0.2) is 24.3 Å². The zero-order valence-corrected chi connectivity index (χ0v) is 18.1. The van der Waals surface area contributed by atoms with Gasteiger partial charge in [-0.1, -0.05) is 25.0 Å². The second kappa shape index (κ2) is 12.2. The van der Waals surface area contributed by atoms with Gasteiger partial charge in [0.2, 0.25) is 5.91 Å². The van der Waals surface area contributed by atoms with Crippen LogP contribution in [0.2, 0.25) is 0 Å². The fourth-order valence-electron chi connectivity index (χ4n) is 4.56. The molecule has 0 atom stereocenters. The zero-order valence-electron chi connectivity index (χ0n) is 18.1. The number of methoxy groups -OCH3 is 1. The number of likely N-dealkylation sites (tertiary alicyclic amines) is 1. The van der Waals surface area contributed by atoms with Crippen LogP contribution in [0.1, 0.15) is 56.9 Å². The standard InChI is InChI=1S/C24H38N2O3/c1-28-23-9-6-8-21(20-23)10-11-24(27)26(22-12-18-29-19-13-22)17-7-16-25-14-4-2-3-5-15-25/h6,8-9,20,22H,2-5,7,10-19H2,1H3. The van der Waals surface area contributed by atoms with Gasteiger partial charge in [0.15, 0.2) is 0 Å². The maximum Gasteiger partial charge on any atom is 0.223 e. The molecule has 0 saturated carbocycles. The number of benzene rings is 1. The largest absolute Gasteiger partial charge is 0.497 e. The van der Waals surface area contributed by atoms with E-state index in [2.05, 4.69) is 15.9 Å². The summed E-state index contributed by atoms with van der Waals surface area (Å²) < 4.78 is 10.8. The Hall–Kier alpha value is -1.59. The van der Waals surface area contributed by atoms with Crippen molar-refractivity contribution in [2.45, 2.75) is 63.8 Å². The fraction of sp³-hybridized carbons (Fsp3) is 0.708. The first-order valence-corrected chi connectivity index (χ1v) is 11.5. The van der Waals surface area contributed by atoms with Gasteiger partial charge in [0.05, 0.1) is 7.11 Å². The summed E-state index contributed by atoms with van der Waals surface area (Å²) in [5.74, 6) is 1.14. The van der Waals surface area contributed by atoms with E-state index >= 15 is 0 Å². The molecule has 3 rings (SSSR count). The van der Waals surface area contributed by atoms with Crippen LogP contribution < -0.4 is 4.74 Å². The Bertz CT molecular complexity index is 608. The molecule has 0 radical (unpaired) electrons. The van der Waals surface area contributed by atoms with Crippen molar-refractivity contribution >= 4 is 5.91 Å². The SMILES string of the molecule is COc1cccc(CCC(=O)N(CCCN2CCCCCC2)C2CCOCC2)c1. The van der Waals surface area contributed by atoms with Crippen LogP contribution in [-0.4, -0.2) is 68.3 Å². The molecule has 2 aliphatic rings. The van der Waals surface area contributed by atoms with Crippen molar-refractivity contribution < 1.29 is 14.3 Å². The van der Waals surface area contributed by atoms with Crippen molar-refractivity contribution in [2.24, 2.45) is 0 Å². The van der Waals surface area contributed by atoms with Gasteiger partial charge in [0, 0.05) is 32.2 Å². The molecule has 0 bridgehead atoms. The second-order valence-corrected chi connectivity index (χ2v) is 8.39. The molecule has 1 aromatic rings. The number of ether oxygens (including phenoxy) is 2. The highest BCUT2D eigenvalue weighted by Gasteiger charge is 2.25. The first-order valence-electron chi connectivity index (χ1n) is 11.5. The normalized spacial score (nSPS) is 18.9. The summed E-state index contributed by atoms with van der Waals surface area (Å²) in [6, 6.07) is 8.39. The number of hydrogen-bond acceptors (Lipinski definition) is 4. The van der Waals surface area contributed by atoms with Crippen LogP contribution in [0.4, 0.5) is 0 Å². The summed E-state index contributed by atoms with van der Waals surface area (Å²) in [6.07, 6.45) is 9.72. The van der Waals surface area contributed by atoms with Crippen molar-refractivity contribution in [1.82, 2.24) is 9.80 Å². The van der Waals surface area contributed by atoms with Crippen molar-refractivity contribution in [1.29, 1.82) is 0 Å². The van der Waals surface area contributed by atoms with E-state index in [9.17, 15) is 4.79 Å². The molecule has 2 fully saturated rings.